The zero-order valence-electron chi connectivity index (χ0n) is 8.01. The molecule has 0 bridgehead atoms. The molecule has 1 fully saturated rings. The smallest absolute Gasteiger partial charge is 0.369 e. The number of amides is 1. The van der Waals surface area contributed by atoms with Crippen LogP contribution in [-0.4, -0.2) is 30.3 Å². The summed E-state index contributed by atoms with van der Waals surface area (Å²) in [6, 6.07) is 0. The van der Waals surface area contributed by atoms with Crippen LogP contribution in [0.25, 0.3) is 0 Å². The van der Waals surface area contributed by atoms with Crippen LogP contribution in [0, 0.1) is 0 Å². The third-order valence-corrected chi connectivity index (χ3v) is 2.48. The van der Waals surface area contributed by atoms with Gasteiger partial charge in [-0.2, -0.15) is 13.2 Å². The van der Waals surface area contributed by atoms with E-state index in [1.54, 1.807) is 0 Å². The summed E-state index contributed by atoms with van der Waals surface area (Å²) in [6.07, 6.45) is -4.34. The molecule has 1 saturated carbocycles. The monoisotopic (exact) mass is 226 g/mol. The van der Waals surface area contributed by atoms with E-state index in [1.807, 2.05) is 0 Å². The lowest BCUT2D eigenvalue weighted by Gasteiger charge is -2.19. The summed E-state index contributed by atoms with van der Waals surface area (Å²) < 4.78 is 40.0. The number of hydrogen-bond donors (Lipinski definition) is 2. The second-order valence-electron chi connectivity index (χ2n) is 3.81. The van der Waals surface area contributed by atoms with Gasteiger partial charge in [0.05, 0.1) is 11.6 Å². The van der Waals surface area contributed by atoms with Crippen LogP contribution in [-0.2, 0) is 9.53 Å². The van der Waals surface area contributed by atoms with Gasteiger partial charge in [-0.1, -0.05) is 0 Å². The van der Waals surface area contributed by atoms with E-state index >= 15 is 0 Å². The zero-order chi connectivity index (χ0) is 11.7. The van der Waals surface area contributed by atoms with Crippen molar-refractivity contribution in [2.75, 3.05) is 6.61 Å². The molecule has 2 atom stereocenters. The summed E-state index contributed by atoms with van der Waals surface area (Å²) in [5.41, 5.74) is 9.42. The Hall–Kier alpha value is -0.820. The van der Waals surface area contributed by atoms with E-state index in [-0.39, 0.29) is 12.8 Å². The summed E-state index contributed by atoms with van der Waals surface area (Å²) in [7, 11) is 0. The summed E-state index contributed by atoms with van der Waals surface area (Å²) in [5, 5.41) is 0. The molecule has 4 nitrogen and oxygen atoms in total. The van der Waals surface area contributed by atoms with E-state index in [2.05, 4.69) is 4.74 Å². The molecule has 0 aromatic heterocycles. The number of carbonyl (C=O) groups excluding carboxylic acids is 1. The van der Waals surface area contributed by atoms with E-state index in [0.29, 0.717) is 6.42 Å². The van der Waals surface area contributed by atoms with Crippen molar-refractivity contribution in [1.82, 2.24) is 0 Å². The van der Waals surface area contributed by atoms with E-state index in [0.717, 1.165) is 0 Å². The van der Waals surface area contributed by atoms with Gasteiger partial charge in [0.1, 0.15) is 6.61 Å². The number of primary amides is 1. The summed E-state index contributed by atoms with van der Waals surface area (Å²) in [4.78, 5) is 10.9. The SMILES string of the molecule is NC(=O)C1(N)CCC(OCC(F)(F)F)C1. The minimum Gasteiger partial charge on any atom is -0.369 e. The van der Waals surface area contributed by atoms with E-state index in [4.69, 9.17) is 11.5 Å². The fourth-order valence-electron chi connectivity index (χ4n) is 1.61. The van der Waals surface area contributed by atoms with Crippen LogP contribution >= 0.6 is 0 Å². The first-order chi connectivity index (χ1) is 6.73. The number of ether oxygens (including phenoxy) is 1. The molecular weight excluding hydrogens is 213 g/mol. The molecule has 1 rings (SSSR count). The molecule has 4 N–H and O–H groups in total. The van der Waals surface area contributed by atoms with Gasteiger partial charge in [-0.05, 0) is 12.8 Å². The quantitative estimate of drug-likeness (QED) is 0.726. The van der Waals surface area contributed by atoms with Crippen molar-refractivity contribution < 1.29 is 22.7 Å². The third-order valence-electron chi connectivity index (χ3n) is 2.48. The number of carbonyl (C=O) groups is 1. The van der Waals surface area contributed by atoms with Crippen LogP contribution in [0.2, 0.25) is 0 Å². The van der Waals surface area contributed by atoms with Gasteiger partial charge >= 0.3 is 6.18 Å². The van der Waals surface area contributed by atoms with Crippen LogP contribution in [0.1, 0.15) is 19.3 Å². The number of rotatable bonds is 3. The molecule has 88 valence electrons. The Balaban J connectivity index is 2.41. The largest absolute Gasteiger partial charge is 0.411 e. The van der Waals surface area contributed by atoms with Gasteiger partial charge < -0.3 is 16.2 Å². The standard InChI is InChI=1S/C8H13F3N2O2/c9-8(10,11)4-15-5-1-2-7(13,3-5)6(12)14/h5H,1-4,13H2,(H2,12,14). The first-order valence-corrected chi connectivity index (χ1v) is 4.50. The molecule has 0 aromatic rings. The number of alkyl halides is 3. The second kappa shape index (κ2) is 3.97. The van der Waals surface area contributed by atoms with Crippen molar-refractivity contribution in [3.05, 3.63) is 0 Å². The molecule has 15 heavy (non-hydrogen) atoms. The van der Waals surface area contributed by atoms with Gasteiger partial charge in [0.2, 0.25) is 5.91 Å². The average molecular weight is 226 g/mol. The molecule has 0 aliphatic heterocycles. The van der Waals surface area contributed by atoms with Gasteiger partial charge in [-0.3, -0.25) is 4.79 Å². The highest BCUT2D eigenvalue weighted by Crippen LogP contribution is 2.30. The maximum atomic E-state index is 11.8. The average Bonchev–Trinajstić information content (AvgIpc) is 2.44. The number of nitrogens with two attached hydrogens (primary N) is 2. The van der Waals surface area contributed by atoms with Gasteiger partial charge in [-0.25, -0.2) is 0 Å². The molecule has 1 amide bonds. The topological polar surface area (TPSA) is 78.3 Å². The Bertz CT molecular complexity index is 257. The fourth-order valence-corrected chi connectivity index (χ4v) is 1.61. The van der Waals surface area contributed by atoms with Crippen LogP contribution in [0.3, 0.4) is 0 Å². The number of hydrogen-bond acceptors (Lipinski definition) is 3. The van der Waals surface area contributed by atoms with Crippen molar-refractivity contribution >= 4 is 5.91 Å². The lowest BCUT2D eigenvalue weighted by molar-refractivity contribution is -0.184. The normalized spacial score (nSPS) is 31.9. The van der Waals surface area contributed by atoms with Gasteiger partial charge in [0.25, 0.3) is 0 Å². The van der Waals surface area contributed by atoms with Crippen LogP contribution in [0.5, 0.6) is 0 Å². The van der Waals surface area contributed by atoms with E-state index < -0.39 is 30.3 Å². The predicted molar refractivity (Wildman–Crippen MR) is 45.8 cm³/mol. The fraction of sp³-hybridized carbons (Fsp3) is 0.875. The Labute approximate surface area is 84.7 Å². The van der Waals surface area contributed by atoms with Crippen molar-refractivity contribution in [2.24, 2.45) is 11.5 Å². The summed E-state index contributed by atoms with van der Waals surface area (Å²) >= 11 is 0. The van der Waals surface area contributed by atoms with Crippen molar-refractivity contribution in [3.63, 3.8) is 0 Å². The first kappa shape index (κ1) is 12.3. The highest BCUT2D eigenvalue weighted by molar-refractivity contribution is 5.84. The van der Waals surface area contributed by atoms with Crippen molar-refractivity contribution in [1.29, 1.82) is 0 Å². The molecule has 2 unspecified atom stereocenters. The second-order valence-corrected chi connectivity index (χ2v) is 3.81. The first-order valence-electron chi connectivity index (χ1n) is 4.50. The molecule has 0 saturated heterocycles. The molecule has 1 aliphatic rings. The van der Waals surface area contributed by atoms with E-state index in [1.165, 1.54) is 0 Å². The lowest BCUT2D eigenvalue weighted by atomic mass is 9.99. The molecule has 0 aromatic carbocycles. The zero-order valence-corrected chi connectivity index (χ0v) is 8.01. The molecule has 1 aliphatic carbocycles. The molecule has 0 spiro atoms. The molecular formula is C8H13F3N2O2. The Morgan fingerprint density at radius 3 is 2.53 bits per heavy atom. The van der Waals surface area contributed by atoms with Crippen LogP contribution < -0.4 is 11.5 Å². The van der Waals surface area contributed by atoms with E-state index in [9.17, 15) is 18.0 Å². The van der Waals surface area contributed by atoms with Gasteiger partial charge in [0.15, 0.2) is 0 Å². The summed E-state index contributed by atoms with van der Waals surface area (Å²) in [6.45, 7) is -1.31. The van der Waals surface area contributed by atoms with Crippen LogP contribution in [0.4, 0.5) is 13.2 Å². The Kier molecular flexibility index (Phi) is 3.25. The highest BCUT2D eigenvalue weighted by Gasteiger charge is 2.42. The lowest BCUT2D eigenvalue weighted by Crippen LogP contribution is -2.50. The summed E-state index contributed by atoms with van der Waals surface area (Å²) in [5.74, 6) is -0.694. The minimum absolute atomic E-state index is 0.0540. The Morgan fingerprint density at radius 1 is 1.53 bits per heavy atom. The predicted octanol–water partition coefficient (Wildman–Crippen LogP) is 0.301. The van der Waals surface area contributed by atoms with Crippen molar-refractivity contribution in [3.8, 4) is 0 Å². The van der Waals surface area contributed by atoms with Gasteiger partial charge in [0, 0.05) is 6.42 Å². The maximum Gasteiger partial charge on any atom is 0.411 e. The molecule has 0 radical (unpaired) electrons. The maximum absolute atomic E-state index is 11.8. The van der Waals surface area contributed by atoms with Crippen molar-refractivity contribution in [2.45, 2.75) is 37.1 Å². The molecule has 7 heteroatoms. The highest BCUT2D eigenvalue weighted by atomic mass is 19.4. The molecule has 0 heterocycles. The minimum atomic E-state index is -4.35. The Morgan fingerprint density at radius 2 is 2.13 bits per heavy atom. The van der Waals surface area contributed by atoms with Crippen LogP contribution in [0.15, 0.2) is 0 Å². The van der Waals surface area contributed by atoms with Gasteiger partial charge in [-0.15, -0.1) is 0 Å². The third kappa shape index (κ3) is 3.35. The number of halogens is 3.